The smallest absolute Gasteiger partial charge is 0.227 e. The number of amides is 1. The molecule has 0 bridgehead atoms. The topological polar surface area (TPSA) is 29.1 Å². The second-order valence-corrected chi connectivity index (χ2v) is 4.66. The van der Waals surface area contributed by atoms with Gasteiger partial charge in [0.15, 0.2) is 0 Å². The Bertz CT molecular complexity index is 382. The van der Waals surface area contributed by atoms with Gasteiger partial charge >= 0.3 is 0 Å². The maximum absolute atomic E-state index is 11.7. The molecule has 1 atom stereocenters. The Kier molecular flexibility index (Phi) is 3.28. The number of carbonyl (C=O) groups is 1. The fourth-order valence-electron chi connectivity index (χ4n) is 1.84. The van der Waals surface area contributed by atoms with Crippen LogP contribution in [-0.2, 0) is 4.79 Å². The van der Waals surface area contributed by atoms with Crippen molar-refractivity contribution in [2.45, 2.75) is 39.0 Å². The Morgan fingerprint density at radius 2 is 2.12 bits per heavy atom. The monoisotopic (exact) mass is 217 g/mol. The average Bonchev–Trinajstić information content (AvgIpc) is 3.12. The number of nitrogens with one attached hydrogen (secondary N) is 1. The zero-order chi connectivity index (χ0) is 11.5. The first kappa shape index (κ1) is 11.2. The molecule has 1 amide bonds. The summed E-state index contributed by atoms with van der Waals surface area (Å²) in [4.78, 5) is 11.7. The van der Waals surface area contributed by atoms with Gasteiger partial charge in [0.25, 0.3) is 0 Å². The van der Waals surface area contributed by atoms with Crippen molar-refractivity contribution in [3.8, 4) is 0 Å². The lowest BCUT2D eigenvalue weighted by Gasteiger charge is -2.15. The number of benzene rings is 1. The van der Waals surface area contributed by atoms with E-state index in [4.69, 9.17) is 0 Å². The first-order valence-electron chi connectivity index (χ1n) is 6.12. The second-order valence-electron chi connectivity index (χ2n) is 4.66. The van der Waals surface area contributed by atoms with Gasteiger partial charge in [0, 0.05) is 11.6 Å². The molecule has 1 N–H and O–H groups in total. The Labute approximate surface area is 97.1 Å². The molecular weight excluding hydrogens is 198 g/mol. The molecule has 1 aromatic rings. The van der Waals surface area contributed by atoms with Crippen LogP contribution in [-0.4, -0.2) is 5.91 Å². The van der Waals surface area contributed by atoms with E-state index in [1.165, 1.54) is 5.56 Å². The minimum absolute atomic E-state index is 0.191. The third-order valence-corrected chi connectivity index (χ3v) is 3.31. The zero-order valence-electron chi connectivity index (χ0n) is 9.99. The normalized spacial score (nSPS) is 16.9. The summed E-state index contributed by atoms with van der Waals surface area (Å²) in [6.45, 7) is 4.37. The van der Waals surface area contributed by atoms with Crippen molar-refractivity contribution in [2.24, 2.45) is 5.92 Å². The highest BCUT2D eigenvalue weighted by Gasteiger charge is 2.29. The fourth-order valence-corrected chi connectivity index (χ4v) is 1.84. The van der Waals surface area contributed by atoms with Gasteiger partial charge in [-0.3, -0.25) is 4.79 Å². The molecule has 0 aliphatic heterocycles. The summed E-state index contributed by atoms with van der Waals surface area (Å²) >= 11 is 0. The van der Waals surface area contributed by atoms with Crippen molar-refractivity contribution in [2.75, 3.05) is 5.32 Å². The maximum Gasteiger partial charge on any atom is 0.227 e. The molecule has 2 heteroatoms. The Balaban J connectivity index is 2.15. The molecule has 86 valence electrons. The summed E-state index contributed by atoms with van der Waals surface area (Å²) in [6, 6.07) is 8.13. The Morgan fingerprint density at radius 3 is 2.75 bits per heavy atom. The second kappa shape index (κ2) is 4.69. The molecule has 1 fully saturated rings. The largest absolute Gasteiger partial charge is 0.326 e. The van der Waals surface area contributed by atoms with Crippen LogP contribution in [0.1, 0.15) is 44.6 Å². The third kappa shape index (κ3) is 2.43. The Hall–Kier alpha value is -1.31. The molecule has 1 aliphatic rings. The van der Waals surface area contributed by atoms with Crippen LogP contribution in [0.2, 0.25) is 0 Å². The number of hydrogen-bond acceptors (Lipinski definition) is 1. The van der Waals surface area contributed by atoms with E-state index in [0.717, 1.165) is 24.9 Å². The molecule has 16 heavy (non-hydrogen) atoms. The highest BCUT2D eigenvalue weighted by Crippen LogP contribution is 2.32. The van der Waals surface area contributed by atoms with Gasteiger partial charge in [0.1, 0.15) is 0 Å². The summed E-state index contributed by atoms with van der Waals surface area (Å²) in [5, 5.41) is 3.05. The molecule has 0 radical (unpaired) electrons. The average molecular weight is 217 g/mol. The lowest BCUT2D eigenvalue weighted by Crippen LogP contribution is -2.15. The number of anilines is 1. The predicted molar refractivity (Wildman–Crippen MR) is 66.5 cm³/mol. The summed E-state index contributed by atoms with van der Waals surface area (Å²) in [5.41, 5.74) is 2.24. The molecule has 2 rings (SSSR count). The van der Waals surface area contributed by atoms with Crippen LogP contribution in [0.15, 0.2) is 24.3 Å². The SMILES string of the molecule is CC[C@@H](C)c1ccccc1NC(=O)C1CC1. The van der Waals surface area contributed by atoms with E-state index in [1.807, 2.05) is 18.2 Å². The summed E-state index contributed by atoms with van der Waals surface area (Å²) in [6.07, 6.45) is 3.20. The fraction of sp³-hybridized carbons (Fsp3) is 0.500. The number of para-hydroxylation sites is 1. The highest BCUT2D eigenvalue weighted by atomic mass is 16.2. The lowest BCUT2D eigenvalue weighted by atomic mass is 9.97. The maximum atomic E-state index is 11.7. The van der Waals surface area contributed by atoms with Crippen LogP contribution in [0.3, 0.4) is 0 Å². The molecule has 0 spiro atoms. The Morgan fingerprint density at radius 1 is 1.44 bits per heavy atom. The van der Waals surface area contributed by atoms with E-state index in [9.17, 15) is 4.79 Å². The van der Waals surface area contributed by atoms with Gasteiger partial charge in [-0.1, -0.05) is 32.0 Å². The lowest BCUT2D eigenvalue weighted by molar-refractivity contribution is -0.117. The van der Waals surface area contributed by atoms with Crippen LogP contribution >= 0.6 is 0 Å². The van der Waals surface area contributed by atoms with E-state index >= 15 is 0 Å². The standard InChI is InChI=1S/C14H19NO/c1-3-10(2)12-6-4-5-7-13(12)15-14(16)11-8-9-11/h4-7,10-11H,3,8-9H2,1-2H3,(H,15,16)/t10-/m1/s1. The molecule has 0 heterocycles. The molecule has 2 nitrogen and oxygen atoms in total. The molecule has 0 aromatic heterocycles. The minimum Gasteiger partial charge on any atom is -0.326 e. The van der Waals surface area contributed by atoms with Gasteiger partial charge in [0.05, 0.1) is 0 Å². The first-order chi connectivity index (χ1) is 7.72. The molecule has 0 unspecified atom stereocenters. The molecule has 1 aromatic carbocycles. The van der Waals surface area contributed by atoms with Gasteiger partial charge in [-0.15, -0.1) is 0 Å². The van der Waals surface area contributed by atoms with Gasteiger partial charge in [0.2, 0.25) is 5.91 Å². The van der Waals surface area contributed by atoms with E-state index < -0.39 is 0 Å². The van der Waals surface area contributed by atoms with Gasteiger partial charge in [-0.05, 0) is 36.8 Å². The van der Waals surface area contributed by atoms with Crippen molar-refractivity contribution < 1.29 is 4.79 Å². The summed E-state index contributed by atoms with van der Waals surface area (Å²) < 4.78 is 0. The van der Waals surface area contributed by atoms with Crippen LogP contribution < -0.4 is 5.32 Å². The molecule has 0 saturated heterocycles. The van der Waals surface area contributed by atoms with E-state index in [2.05, 4.69) is 25.2 Å². The highest BCUT2D eigenvalue weighted by molar-refractivity contribution is 5.94. The number of carbonyl (C=O) groups excluding carboxylic acids is 1. The van der Waals surface area contributed by atoms with E-state index in [-0.39, 0.29) is 11.8 Å². The van der Waals surface area contributed by atoms with Crippen LogP contribution in [0, 0.1) is 5.92 Å². The van der Waals surface area contributed by atoms with Gasteiger partial charge in [-0.2, -0.15) is 0 Å². The van der Waals surface area contributed by atoms with Crippen molar-refractivity contribution in [3.05, 3.63) is 29.8 Å². The van der Waals surface area contributed by atoms with Crippen LogP contribution in [0.25, 0.3) is 0 Å². The summed E-state index contributed by atoms with van der Waals surface area (Å²) in [5.74, 6) is 0.955. The van der Waals surface area contributed by atoms with Gasteiger partial charge in [-0.25, -0.2) is 0 Å². The first-order valence-corrected chi connectivity index (χ1v) is 6.12. The zero-order valence-corrected chi connectivity index (χ0v) is 9.99. The number of hydrogen-bond donors (Lipinski definition) is 1. The predicted octanol–water partition coefficient (Wildman–Crippen LogP) is 3.55. The molecule has 1 saturated carbocycles. The van der Waals surface area contributed by atoms with Crippen molar-refractivity contribution in [1.82, 2.24) is 0 Å². The minimum atomic E-state index is 0.191. The van der Waals surface area contributed by atoms with Crippen LogP contribution in [0.5, 0.6) is 0 Å². The third-order valence-electron chi connectivity index (χ3n) is 3.31. The molecule has 1 aliphatic carbocycles. The summed E-state index contributed by atoms with van der Waals surface area (Å²) in [7, 11) is 0. The van der Waals surface area contributed by atoms with Crippen molar-refractivity contribution >= 4 is 11.6 Å². The quantitative estimate of drug-likeness (QED) is 0.821. The van der Waals surface area contributed by atoms with Crippen LogP contribution in [0.4, 0.5) is 5.69 Å². The van der Waals surface area contributed by atoms with Crippen molar-refractivity contribution in [1.29, 1.82) is 0 Å². The van der Waals surface area contributed by atoms with Gasteiger partial charge < -0.3 is 5.32 Å². The van der Waals surface area contributed by atoms with E-state index in [0.29, 0.717) is 5.92 Å². The number of rotatable bonds is 4. The molecular formula is C14H19NO. The van der Waals surface area contributed by atoms with E-state index in [1.54, 1.807) is 0 Å². The van der Waals surface area contributed by atoms with Crippen molar-refractivity contribution in [3.63, 3.8) is 0 Å².